The number of rotatable bonds is 5. The summed E-state index contributed by atoms with van der Waals surface area (Å²) in [6.07, 6.45) is 1.53. The Morgan fingerprint density at radius 2 is 1.50 bits per heavy atom. The van der Waals surface area contributed by atoms with Crippen LogP contribution in [0.3, 0.4) is 0 Å². The number of fused-ring (bicyclic) bond motifs is 1. The van der Waals surface area contributed by atoms with Gasteiger partial charge in [0, 0.05) is 21.5 Å². The molecule has 7 nitrogen and oxygen atoms in total. The second-order valence-electron chi connectivity index (χ2n) is 8.61. The van der Waals surface area contributed by atoms with E-state index in [4.69, 9.17) is 0 Å². The number of nitrogens with one attached hydrogen (secondary N) is 3. The summed E-state index contributed by atoms with van der Waals surface area (Å²) in [5.41, 5.74) is 4.92. The van der Waals surface area contributed by atoms with Crippen molar-refractivity contribution in [2.24, 2.45) is 0 Å². The molecule has 1 atom stereocenters. The zero-order valence-corrected chi connectivity index (χ0v) is 21.3. The molecule has 0 aliphatic carbocycles. The number of nitrogens with zero attached hydrogens (tertiary/aromatic N) is 2. The van der Waals surface area contributed by atoms with Gasteiger partial charge in [-0.05, 0) is 55.8 Å². The Labute approximate surface area is 217 Å². The summed E-state index contributed by atoms with van der Waals surface area (Å²) in [4.78, 5) is 26.7. The third-order valence-corrected chi connectivity index (χ3v) is 6.57. The quantitative estimate of drug-likeness (QED) is 0.283. The molecule has 0 saturated heterocycles. The van der Waals surface area contributed by atoms with Crippen LogP contribution in [0.15, 0.2) is 101 Å². The highest BCUT2D eigenvalue weighted by Crippen LogP contribution is 2.38. The van der Waals surface area contributed by atoms with E-state index in [9.17, 15) is 9.59 Å². The molecule has 3 aromatic carbocycles. The molecule has 3 N–H and O–H groups in total. The Hall–Kier alpha value is -4.17. The van der Waals surface area contributed by atoms with Gasteiger partial charge < -0.3 is 16.0 Å². The molecule has 36 heavy (non-hydrogen) atoms. The average Bonchev–Trinajstić information content (AvgIpc) is 3.29. The third kappa shape index (κ3) is 4.67. The largest absolute Gasteiger partial charge is 0.343 e. The highest BCUT2D eigenvalue weighted by molar-refractivity contribution is 9.10. The Morgan fingerprint density at radius 1 is 0.861 bits per heavy atom. The lowest BCUT2D eigenvalue weighted by Gasteiger charge is -2.30. The van der Waals surface area contributed by atoms with Crippen molar-refractivity contribution in [3.63, 3.8) is 0 Å². The van der Waals surface area contributed by atoms with E-state index in [0.29, 0.717) is 34.0 Å². The van der Waals surface area contributed by atoms with E-state index >= 15 is 0 Å². The Kier molecular flexibility index (Phi) is 6.43. The van der Waals surface area contributed by atoms with E-state index in [1.807, 2.05) is 92.7 Å². The maximum atomic E-state index is 13.5. The van der Waals surface area contributed by atoms with E-state index in [-0.39, 0.29) is 11.8 Å². The minimum Gasteiger partial charge on any atom is -0.343 e. The Balaban J connectivity index is 1.53. The molecule has 1 aliphatic heterocycles. The molecular formula is C28H24BrN5O2. The summed E-state index contributed by atoms with van der Waals surface area (Å²) in [6.45, 7) is 3.83. The van der Waals surface area contributed by atoms with Crippen LogP contribution in [0.2, 0.25) is 0 Å². The minimum absolute atomic E-state index is 0.245. The van der Waals surface area contributed by atoms with Gasteiger partial charge in [-0.15, -0.1) is 0 Å². The fourth-order valence-electron chi connectivity index (χ4n) is 4.22. The smallest absolute Gasteiger partial charge is 0.261 e. The highest BCUT2D eigenvalue weighted by atomic mass is 79.9. The normalized spacial score (nSPS) is 14.6. The van der Waals surface area contributed by atoms with Crippen LogP contribution in [-0.4, -0.2) is 21.6 Å². The maximum Gasteiger partial charge on any atom is 0.261 e. The topological polar surface area (TPSA) is 88.0 Å². The van der Waals surface area contributed by atoms with Gasteiger partial charge in [0.1, 0.15) is 17.4 Å². The SMILES string of the molecule is CC1=C(C(=O)Nc2ccccc2)C(c2ccc(Br)cc2)n2ncc(C(=O)Nc3ccc(C)cc3)c2N1. The lowest BCUT2D eigenvalue weighted by Crippen LogP contribution is -2.32. The first-order valence-corrected chi connectivity index (χ1v) is 12.2. The van der Waals surface area contributed by atoms with E-state index < -0.39 is 6.04 Å². The molecule has 0 bridgehead atoms. The summed E-state index contributed by atoms with van der Waals surface area (Å²) in [6, 6.07) is 24.1. The predicted octanol–water partition coefficient (Wildman–Crippen LogP) is 6.13. The molecule has 4 aromatic rings. The molecule has 1 aliphatic rings. The van der Waals surface area contributed by atoms with E-state index in [1.165, 1.54) is 6.20 Å². The van der Waals surface area contributed by atoms with Crippen molar-refractivity contribution >= 4 is 44.9 Å². The predicted molar refractivity (Wildman–Crippen MR) is 145 cm³/mol. The van der Waals surface area contributed by atoms with Crippen molar-refractivity contribution in [1.82, 2.24) is 9.78 Å². The van der Waals surface area contributed by atoms with Crippen molar-refractivity contribution in [3.8, 4) is 0 Å². The van der Waals surface area contributed by atoms with Crippen molar-refractivity contribution in [2.75, 3.05) is 16.0 Å². The molecule has 1 unspecified atom stereocenters. The lowest BCUT2D eigenvalue weighted by molar-refractivity contribution is -0.113. The molecule has 0 radical (unpaired) electrons. The number of allylic oxidation sites excluding steroid dienone is 1. The van der Waals surface area contributed by atoms with Gasteiger partial charge in [-0.1, -0.05) is 64.0 Å². The fourth-order valence-corrected chi connectivity index (χ4v) is 4.49. The monoisotopic (exact) mass is 541 g/mol. The maximum absolute atomic E-state index is 13.5. The van der Waals surface area contributed by atoms with Crippen LogP contribution in [0.5, 0.6) is 0 Å². The zero-order valence-electron chi connectivity index (χ0n) is 19.7. The van der Waals surface area contributed by atoms with Crippen molar-refractivity contribution < 1.29 is 9.59 Å². The number of para-hydroxylation sites is 1. The number of halogens is 1. The van der Waals surface area contributed by atoms with Crippen LogP contribution >= 0.6 is 15.9 Å². The first-order valence-electron chi connectivity index (χ1n) is 11.5. The van der Waals surface area contributed by atoms with Crippen LogP contribution in [0.4, 0.5) is 17.2 Å². The van der Waals surface area contributed by atoms with Gasteiger partial charge in [-0.3, -0.25) is 9.59 Å². The van der Waals surface area contributed by atoms with Crippen LogP contribution in [0.25, 0.3) is 0 Å². The van der Waals surface area contributed by atoms with Crippen LogP contribution < -0.4 is 16.0 Å². The second-order valence-corrected chi connectivity index (χ2v) is 9.53. The van der Waals surface area contributed by atoms with Gasteiger partial charge >= 0.3 is 0 Å². The minimum atomic E-state index is -0.529. The number of carbonyl (C=O) groups excluding carboxylic acids is 2. The Morgan fingerprint density at radius 3 is 2.19 bits per heavy atom. The number of benzene rings is 3. The highest BCUT2D eigenvalue weighted by Gasteiger charge is 2.35. The van der Waals surface area contributed by atoms with E-state index in [2.05, 4.69) is 37.0 Å². The second kappa shape index (κ2) is 9.83. The molecule has 8 heteroatoms. The number of hydrogen-bond acceptors (Lipinski definition) is 4. The summed E-state index contributed by atoms with van der Waals surface area (Å²) >= 11 is 3.48. The standard InChI is InChI=1S/C28H24BrN5O2/c1-17-8-14-22(15-9-17)32-27(35)23-16-30-34-25(19-10-12-20(29)13-11-19)24(18(2)31-26(23)34)28(36)33-21-6-4-3-5-7-21/h3-16,25,31H,1-2H3,(H,32,35)(H,33,36). The van der Waals surface area contributed by atoms with Crippen molar-refractivity contribution in [3.05, 3.63) is 117 Å². The van der Waals surface area contributed by atoms with Gasteiger partial charge in [0.2, 0.25) is 0 Å². The van der Waals surface area contributed by atoms with Crippen molar-refractivity contribution in [2.45, 2.75) is 19.9 Å². The summed E-state index contributed by atoms with van der Waals surface area (Å²) < 4.78 is 2.62. The number of hydrogen-bond donors (Lipinski definition) is 3. The lowest BCUT2D eigenvalue weighted by atomic mass is 9.94. The first-order chi connectivity index (χ1) is 17.4. The molecule has 2 heterocycles. The molecule has 0 fully saturated rings. The number of aromatic nitrogens is 2. The van der Waals surface area contributed by atoms with E-state index in [1.54, 1.807) is 4.68 Å². The molecule has 180 valence electrons. The van der Waals surface area contributed by atoms with Gasteiger partial charge in [0.25, 0.3) is 11.8 Å². The fraction of sp³-hybridized carbons (Fsp3) is 0.107. The Bertz CT molecular complexity index is 1460. The number of carbonyl (C=O) groups is 2. The summed E-state index contributed by atoms with van der Waals surface area (Å²) in [5, 5.41) is 13.7. The van der Waals surface area contributed by atoms with Gasteiger partial charge in [0.15, 0.2) is 0 Å². The summed E-state index contributed by atoms with van der Waals surface area (Å²) in [5.74, 6) is -0.000589. The van der Waals surface area contributed by atoms with E-state index in [0.717, 1.165) is 15.6 Å². The van der Waals surface area contributed by atoms with Crippen molar-refractivity contribution in [1.29, 1.82) is 0 Å². The molecule has 2 amide bonds. The van der Waals surface area contributed by atoms with Crippen LogP contribution in [0, 0.1) is 6.92 Å². The van der Waals surface area contributed by atoms with Gasteiger partial charge in [-0.25, -0.2) is 4.68 Å². The number of amides is 2. The number of anilines is 3. The molecule has 5 rings (SSSR count). The average molecular weight is 542 g/mol. The summed E-state index contributed by atoms with van der Waals surface area (Å²) in [7, 11) is 0. The van der Waals surface area contributed by atoms with Crippen LogP contribution in [0.1, 0.15) is 34.5 Å². The van der Waals surface area contributed by atoms with Gasteiger partial charge in [-0.2, -0.15) is 5.10 Å². The van der Waals surface area contributed by atoms with Crippen LogP contribution in [-0.2, 0) is 4.79 Å². The first kappa shape index (κ1) is 23.6. The molecule has 1 aromatic heterocycles. The molecule has 0 spiro atoms. The third-order valence-electron chi connectivity index (χ3n) is 6.04. The zero-order chi connectivity index (χ0) is 25.2. The van der Waals surface area contributed by atoms with Gasteiger partial charge in [0.05, 0.1) is 11.8 Å². The molecular weight excluding hydrogens is 518 g/mol. The molecule has 0 saturated carbocycles. The number of aryl methyl sites for hydroxylation is 1.